The monoisotopic (exact) mass is 264 g/mol. The minimum Gasteiger partial charge on any atom is -0.0625 e. The van der Waals surface area contributed by atoms with Crippen molar-refractivity contribution in [2.24, 2.45) is 23.7 Å². The molecule has 0 N–H and O–H groups in total. The molecule has 0 nitrogen and oxygen atoms in total. The Balaban J connectivity index is 1.77. The highest BCUT2D eigenvalue weighted by atomic mass is 14.3. The lowest BCUT2D eigenvalue weighted by Crippen LogP contribution is -2.20. The highest BCUT2D eigenvalue weighted by molar-refractivity contribution is 4.76. The van der Waals surface area contributed by atoms with E-state index in [1.807, 2.05) is 0 Å². The molecular formula is C19H36. The quantitative estimate of drug-likeness (QED) is 0.528. The zero-order valence-electron chi connectivity index (χ0n) is 13.5. The van der Waals surface area contributed by atoms with E-state index in [0.29, 0.717) is 0 Å². The predicted molar refractivity (Wildman–Crippen MR) is 85.3 cm³/mol. The van der Waals surface area contributed by atoms with Crippen LogP contribution < -0.4 is 0 Å². The Bertz CT molecular complexity index is 220. The lowest BCUT2D eigenvalue weighted by molar-refractivity contribution is 0.195. The van der Waals surface area contributed by atoms with Crippen LogP contribution in [0, 0.1) is 23.7 Å². The molecule has 2 rings (SSSR count). The van der Waals surface area contributed by atoms with Crippen LogP contribution in [0.2, 0.25) is 0 Å². The molecule has 0 aliphatic heterocycles. The normalized spacial score (nSPS) is 38.8. The molecule has 0 bridgehead atoms. The van der Waals surface area contributed by atoms with Crippen molar-refractivity contribution < 1.29 is 0 Å². The first-order valence-electron chi connectivity index (χ1n) is 9.25. The van der Waals surface area contributed by atoms with E-state index < -0.39 is 0 Å². The van der Waals surface area contributed by atoms with Crippen LogP contribution in [0.25, 0.3) is 0 Å². The van der Waals surface area contributed by atoms with Crippen LogP contribution in [0.1, 0.15) is 97.3 Å². The minimum absolute atomic E-state index is 0.995. The average molecular weight is 264 g/mol. The van der Waals surface area contributed by atoms with Gasteiger partial charge in [0.2, 0.25) is 0 Å². The Kier molecular flexibility index (Phi) is 6.74. The molecule has 19 heavy (non-hydrogen) atoms. The van der Waals surface area contributed by atoms with Gasteiger partial charge in [0.05, 0.1) is 0 Å². The minimum atomic E-state index is 0.995. The first-order chi connectivity index (χ1) is 9.25. The summed E-state index contributed by atoms with van der Waals surface area (Å²) in [5.74, 6) is 4.15. The van der Waals surface area contributed by atoms with E-state index in [4.69, 9.17) is 0 Å². The summed E-state index contributed by atoms with van der Waals surface area (Å²) in [6.07, 6.45) is 19.7. The zero-order chi connectivity index (χ0) is 13.5. The van der Waals surface area contributed by atoms with Crippen molar-refractivity contribution >= 4 is 0 Å². The summed E-state index contributed by atoms with van der Waals surface area (Å²) in [5.41, 5.74) is 0. The molecule has 0 amide bonds. The van der Waals surface area contributed by atoms with E-state index in [9.17, 15) is 0 Å². The number of rotatable bonds is 2. The topological polar surface area (TPSA) is 0 Å². The Labute approximate surface area is 121 Å². The van der Waals surface area contributed by atoms with Gasteiger partial charge >= 0.3 is 0 Å². The van der Waals surface area contributed by atoms with Crippen LogP contribution in [0.3, 0.4) is 0 Å². The van der Waals surface area contributed by atoms with E-state index in [2.05, 4.69) is 13.8 Å². The third-order valence-electron chi connectivity index (χ3n) is 6.04. The van der Waals surface area contributed by atoms with Crippen molar-refractivity contribution in [3.05, 3.63) is 0 Å². The van der Waals surface area contributed by atoms with E-state index in [1.54, 1.807) is 6.42 Å². The molecule has 0 saturated heterocycles. The summed E-state index contributed by atoms with van der Waals surface area (Å²) in [6.45, 7) is 4.98. The largest absolute Gasteiger partial charge is 0.0625 e. The molecular weight excluding hydrogens is 228 g/mol. The first-order valence-corrected chi connectivity index (χ1v) is 9.25. The first kappa shape index (κ1) is 15.4. The number of hydrogen-bond donors (Lipinski definition) is 0. The van der Waals surface area contributed by atoms with Crippen molar-refractivity contribution in [2.45, 2.75) is 97.3 Å². The van der Waals surface area contributed by atoms with E-state index in [0.717, 1.165) is 23.7 Å². The Morgan fingerprint density at radius 3 is 1.79 bits per heavy atom. The van der Waals surface area contributed by atoms with Gasteiger partial charge in [-0.25, -0.2) is 0 Å². The van der Waals surface area contributed by atoms with Crippen LogP contribution in [-0.4, -0.2) is 0 Å². The SMILES string of the molecule is CC1CCCCC(CC2CCCCC2C)CCCC1. The van der Waals surface area contributed by atoms with Crippen molar-refractivity contribution in [3.8, 4) is 0 Å². The summed E-state index contributed by atoms with van der Waals surface area (Å²) in [6, 6.07) is 0. The molecule has 112 valence electrons. The molecule has 0 radical (unpaired) electrons. The Hall–Kier alpha value is 0. The van der Waals surface area contributed by atoms with Crippen molar-refractivity contribution in [1.29, 1.82) is 0 Å². The fourth-order valence-electron chi connectivity index (χ4n) is 4.55. The molecule has 0 aromatic carbocycles. The molecule has 0 aromatic heterocycles. The highest BCUT2D eigenvalue weighted by Crippen LogP contribution is 2.37. The molecule has 2 fully saturated rings. The third-order valence-corrected chi connectivity index (χ3v) is 6.04. The molecule has 0 aromatic rings. The van der Waals surface area contributed by atoms with Gasteiger partial charge in [0, 0.05) is 0 Å². The van der Waals surface area contributed by atoms with Gasteiger partial charge in [-0.05, 0) is 30.1 Å². The van der Waals surface area contributed by atoms with Crippen molar-refractivity contribution in [2.75, 3.05) is 0 Å². The summed E-state index contributed by atoms with van der Waals surface area (Å²) < 4.78 is 0. The summed E-state index contributed by atoms with van der Waals surface area (Å²) >= 11 is 0. The standard InChI is InChI=1S/C19H36/c1-16-9-3-6-12-18(13-7-4-10-16)15-19-14-8-5-11-17(19)2/h16-19H,3-15H2,1-2H3. The van der Waals surface area contributed by atoms with Gasteiger partial charge in [-0.1, -0.05) is 90.9 Å². The van der Waals surface area contributed by atoms with E-state index >= 15 is 0 Å². The van der Waals surface area contributed by atoms with E-state index in [-0.39, 0.29) is 0 Å². The molecule has 2 aliphatic carbocycles. The predicted octanol–water partition coefficient (Wildman–Crippen LogP) is 6.59. The van der Waals surface area contributed by atoms with Crippen LogP contribution >= 0.6 is 0 Å². The molecule has 2 aliphatic rings. The van der Waals surface area contributed by atoms with Gasteiger partial charge in [-0.3, -0.25) is 0 Å². The summed E-state index contributed by atoms with van der Waals surface area (Å²) in [5, 5.41) is 0. The van der Waals surface area contributed by atoms with Crippen molar-refractivity contribution in [3.63, 3.8) is 0 Å². The third kappa shape index (κ3) is 5.48. The second kappa shape index (κ2) is 8.32. The van der Waals surface area contributed by atoms with Gasteiger partial charge in [-0.2, -0.15) is 0 Å². The Morgan fingerprint density at radius 1 is 0.632 bits per heavy atom. The molecule has 2 unspecified atom stereocenters. The van der Waals surface area contributed by atoms with Crippen LogP contribution in [-0.2, 0) is 0 Å². The average Bonchev–Trinajstić information content (AvgIpc) is 2.41. The highest BCUT2D eigenvalue weighted by Gasteiger charge is 2.24. The van der Waals surface area contributed by atoms with Gasteiger partial charge in [-0.15, -0.1) is 0 Å². The van der Waals surface area contributed by atoms with Gasteiger partial charge < -0.3 is 0 Å². The maximum Gasteiger partial charge on any atom is -0.0386 e. The second-order valence-electron chi connectivity index (χ2n) is 7.80. The Morgan fingerprint density at radius 2 is 1.16 bits per heavy atom. The molecule has 2 saturated carbocycles. The molecule has 2 atom stereocenters. The fourth-order valence-corrected chi connectivity index (χ4v) is 4.55. The maximum atomic E-state index is 2.52. The lowest BCUT2D eigenvalue weighted by atomic mass is 9.74. The summed E-state index contributed by atoms with van der Waals surface area (Å²) in [7, 11) is 0. The van der Waals surface area contributed by atoms with Gasteiger partial charge in [0.1, 0.15) is 0 Å². The van der Waals surface area contributed by atoms with Crippen molar-refractivity contribution in [1.82, 2.24) is 0 Å². The maximum absolute atomic E-state index is 2.52. The molecule has 0 spiro atoms. The molecule has 0 heteroatoms. The van der Waals surface area contributed by atoms with Crippen LogP contribution in [0.5, 0.6) is 0 Å². The number of hydrogen-bond acceptors (Lipinski definition) is 0. The van der Waals surface area contributed by atoms with Gasteiger partial charge in [0.25, 0.3) is 0 Å². The van der Waals surface area contributed by atoms with Crippen LogP contribution in [0.15, 0.2) is 0 Å². The second-order valence-corrected chi connectivity index (χ2v) is 7.80. The zero-order valence-corrected chi connectivity index (χ0v) is 13.5. The lowest BCUT2D eigenvalue weighted by Gasteiger charge is -2.32. The van der Waals surface area contributed by atoms with Gasteiger partial charge in [0.15, 0.2) is 0 Å². The molecule has 0 heterocycles. The fraction of sp³-hybridized carbons (Fsp3) is 1.00. The summed E-state index contributed by atoms with van der Waals surface area (Å²) in [4.78, 5) is 0. The smallest absolute Gasteiger partial charge is 0.0386 e. The van der Waals surface area contributed by atoms with Crippen LogP contribution in [0.4, 0.5) is 0 Å². The van der Waals surface area contributed by atoms with E-state index in [1.165, 1.54) is 77.0 Å².